The second-order valence-electron chi connectivity index (χ2n) is 5.99. The molecule has 1 aliphatic carbocycles. The number of hydrogen-bond donors (Lipinski definition) is 1. The molecule has 0 bridgehead atoms. The number of benzene rings is 1. The van der Waals surface area contributed by atoms with Crippen molar-refractivity contribution in [3.63, 3.8) is 0 Å². The summed E-state index contributed by atoms with van der Waals surface area (Å²) in [4.78, 5) is 25.7. The molecule has 1 N–H and O–H groups in total. The van der Waals surface area contributed by atoms with Crippen LogP contribution in [0.15, 0.2) is 34.9 Å². The lowest BCUT2D eigenvalue weighted by Crippen LogP contribution is -2.44. The highest BCUT2D eigenvalue weighted by Gasteiger charge is 2.39. The van der Waals surface area contributed by atoms with Gasteiger partial charge in [0.05, 0.1) is 23.1 Å². The van der Waals surface area contributed by atoms with E-state index in [0.29, 0.717) is 11.3 Å². The van der Waals surface area contributed by atoms with Crippen LogP contribution in [0.3, 0.4) is 0 Å². The van der Waals surface area contributed by atoms with Gasteiger partial charge in [0.15, 0.2) is 0 Å². The number of aromatic nitrogens is 2. The number of carboxylic acids is 1. The predicted octanol–water partition coefficient (Wildman–Crippen LogP) is 3.02. The molecule has 3 rings (SSSR count). The molecule has 126 valence electrons. The number of rotatable bonds is 5. The normalized spacial score (nSPS) is 15.1. The number of carboxylic acid groups (broad SMARTS) is 1. The number of carbonyl (C=O) groups excluding carboxylic acids is 1. The Bertz CT molecular complexity index is 781. The van der Waals surface area contributed by atoms with E-state index in [-0.39, 0.29) is 11.9 Å². The third-order valence-corrected chi connectivity index (χ3v) is 4.79. The van der Waals surface area contributed by atoms with E-state index >= 15 is 0 Å². The van der Waals surface area contributed by atoms with Crippen molar-refractivity contribution in [2.24, 2.45) is 0 Å². The molecule has 24 heavy (non-hydrogen) atoms. The topological polar surface area (TPSA) is 75.4 Å². The van der Waals surface area contributed by atoms with Gasteiger partial charge in [0, 0.05) is 10.5 Å². The maximum atomic E-state index is 12.9. The van der Waals surface area contributed by atoms with Crippen LogP contribution in [0.5, 0.6) is 0 Å². The third-order valence-electron chi connectivity index (χ3n) is 4.26. The van der Waals surface area contributed by atoms with Crippen LogP contribution in [-0.4, -0.2) is 43.7 Å². The zero-order valence-corrected chi connectivity index (χ0v) is 15.0. The van der Waals surface area contributed by atoms with Crippen molar-refractivity contribution in [1.29, 1.82) is 0 Å². The molecule has 1 aromatic carbocycles. The Labute approximate surface area is 148 Å². The van der Waals surface area contributed by atoms with Crippen LogP contribution >= 0.6 is 15.9 Å². The average molecular weight is 392 g/mol. The Morgan fingerprint density at radius 1 is 1.33 bits per heavy atom. The predicted molar refractivity (Wildman–Crippen MR) is 92.3 cm³/mol. The molecule has 1 heterocycles. The van der Waals surface area contributed by atoms with E-state index in [0.717, 1.165) is 23.0 Å². The summed E-state index contributed by atoms with van der Waals surface area (Å²) in [6, 6.07) is 6.77. The van der Waals surface area contributed by atoms with Gasteiger partial charge in [0.25, 0.3) is 5.91 Å². The summed E-state index contributed by atoms with van der Waals surface area (Å²) >= 11 is 3.39. The van der Waals surface area contributed by atoms with Crippen molar-refractivity contribution in [2.45, 2.75) is 38.8 Å². The van der Waals surface area contributed by atoms with Gasteiger partial charge in [-0.15, -0.1) is 0 Å². The molecule has 1 unspecified atom stereocenters. The lowest BCUT2D eigenvalue weighted by atomic mass is 10.1. The minimum Gasteiger partial charge on any atom is -0.480 e. The van der Waals surface area contributed by atoms with E-state index < -0.39 is 12.0 Å². The van der Waals surface area contributed by atoms with Crippen LogP contribution in [0.2, 0.25) is 0 Å². The Kier molecular flexibility index (Phi) is 4.45. The number of nitrogens with zero attached hydrogens (tertiary/aromatic N) is 3. The molecule has 2 aromatic rings. The highest BCUT2D eigenvalue weighted by Crippen LogP contribution is 2.31. The summed E-state index contributed by atoms with van der Waals surface area (Å²) in [6.07, 6.45) is 3.22. The Hall–Kier alpha value is -2.15. The van der Waals surface area contributed by atoms with E-state index in [9.17, 15) is 14.7 Å². The van der Waals surface area contributed by atoms with Gasteiger partial charge in [-0.25, -0.2) is 9.48 Å². The molecular weight excluding hydrogens is 374 g/mol. The van der Waals surface area contributed by atoms with Crippen LogP contribution in [0.25, 0.3) is 5.69 Å². The Morgan fingerprint density at radius 2 is 1.96 bits per heavy atom. The van der Waals surface area contributed by atoms with Gasteiger partial charge in [-0.2, -0.15) is 5.10 Å². The smallest absolute Gasteiger partial charge is 0.326 e. The fraction of sp³-hybridized carbons (Fsp3) is 0.353. The fourth-order valence-corrected chi connectivity index (χ4v) is 3.00. The molecule has 1 fully saturated rings. The van der Waals surface area contributed by atoms with Gasteiger partial charge in [0.2, 0.25) is 0 Å². The first-order chi connectivity index (χ1) is 11.4. The van der Waals surface area contributed by atoms with Crippen LogP contribution in [0, 0.1) is 6.92 Å². The summed E-state index contributed by atoms with van der Waals surface area (Å²) in [5.41, 5.74) is 1.99. The van der Waals surface area contributed by atoms with E-state index in [4.69, 9.17) is 0 Å². The van der Waals surface area contributed by atoms with Crippen molar-refractivity contribution in [3.8, 4) is 5.69 Å². The third kappa shape index (κ3) is 3.08. The van der Waals surface area contributed by atoms with Crippen molar-refractivity contribution in [1.82, 2.24) is 14.7 Å². The molecule has 7 heteroatoms. The summed E-state index contributed by atoms with van der Waals surface area (Å²) in [5.74, 6) is -1.26. The van der Waals surface area contributed by atoms with Crippen molar-refractivity contribution in [3.05, 3.63) is 46.2 Å². The number of amides is 1. The molecule has 1 saturated carbocycles. The first-order valence-corrected chi connectivity index (χ1v) is 8.55. The molecular formula is C17H18BrN3O3. The van der Waals surface area contributed by atoms with Crippen LogP contribution < -0.4 is 0 Å². The largest absolute Gasteiger partial charge is 0.480 e. The lowest BCUT2D eigenvalue weighted by molar-refractivity contribution is -0.141. The van der Waals surface area contributed by atoms with Gasteiger partial charge in [0.1, 0.15) is 6.04 Å². The lowest BCUT2D eigenvalue weighted by Gasteiger charge is -2.26. The Balaban J connectivity index is 1.93. The van der Waals surface area contributed by atoms with E-state index in [2.05, 4.69) is 21.0 Å². The maximum Gasteiger partial charge on any atom is 0.326 e. The number of halogens is 1. The maximum absolute atomic E-state index is 12.9. The van der Waals surface area contributed by atoms with Crippen molar-refractivity contribution >= 4 is 27.8 Å². The van der Waals surface area contributed by atoms with Gasteiger partial charge < -0.3 is 10.0 Å². The standard InChI is InChI=1S/C17H18BrN3O3/c1-10-15(9-19-21(10)14-5-3-12(18)4-6-14)16(22)20(13-7-8-13)11(2)17(23)24/h3-6,9,11,13H,7-8H2,1-2H3,(H,23,24). The van der Waals surface area contributed by atoms with Gasteiger partial charge in [-0.1, -0.05) is 15.9 Å². The minimum atomic E-state index is -0.992. The molecule has 1 atom stereocenters. The Morgan fingerprint density at radius 3 is 2.50 bits per heavy atom. The van der Waals surface area contributed by atoms with Crippen LogP contribution in [-0.2, 0) is 4.79 Å². The molecule has 0 spiro atoms. The first-order valence-electron chi connectivity index (χ1n) is 7.76. The summed E-state index contributed by atoms with van der Waals surface area (Å²) in [6.45, 7) is 3.37. The summed E-state index contributed by atoms with van der Waals surface area (Å²) < 4.78 is 2.65. The molecule has 0 radical (unpaired) electrons. The second-order valence-corrected chi connectivity index (χ2v) is 6.91. The quantitative estimate of drug-likeness (QED) is 0.849. The number of aliphatic carboxylic acids is 1. The second kappa shape index (κ2) is 6.39. The van der Waals surface area contributed by atoms with Crippen molar-refractivity contribution < 1.29 is 14.7 Å². The van der Waals surface area contributed by atoms with Gasteiger partial charge >= 0.3 is 5.97 Å². The molecule has 0 saturated heterocycles. The van der Waals surface area contributed by atoms with E-state index in [1.165, 1.54) is 11.1 Å². The van der Waals surface area contributed by atoms with E-state index in [1.54, 1.807) is 11.6 Å². The van der Waals surface area contributed by atoms with Crippen LogP contribution in [0.1, 0.15) is 35.8 Å². The SMILES string of the molecule is Cc1c(C(=O)N(C2CC2)C(C)C(=O)O)cnn1-c1ccc(Br)cc1. The monoisotopic (exact) mass is 391 g/mol. The average Bonchev–Trinajstić information content (AvgIpc) is 3.30. The highest BCUT2D eigenvalue weighted by atomic mass is 79.9. The van der Waals surface area contributed by atoms with Gasteiger partial charge in [-0.3, -0.25) is 4.79 Å². The number of carbonyl (C=O) groups is 2. The molecule has 1 aliphatic rings. The minimum absolute atomic E-state index is 0.0130. The van der Waals surface area contributed by atoms with Crippen molar-refractivity contribution in [2.75, 3.05) is 0 Å². The fourth-order valence-electron chi connectivity index (χ4n) is 2.73. The van der Waals surface area contributed by atoms with Gasteiger partial charge in [-0.05, 0) is 51.0 Å². The molecule has 0 aliphatic heterocycles. The number of hydrogen-bond acceptors (Lipinski definition) is 3. The molecule has 1 aromatic heterocycles. The summed E-state index contributed by atoms with van der Waals surface area (Å²) in [7, 11) is 0. The molecule has 6 nitrogen and oxygen atoms in total. The first kappa shape index (κ1) is 16.7. The van der Waals surface area contributed by atoms with E-state index in [1.807, 2.05) is 31.2 Å². The van der Waals surface area contributed by atoms with Crippen LogP contribution in [0.4, 0.5) is 0 Å². The zero-order valence-electron chi connectivity index (χ0n) is 13.4. The zero-order chi connectivity index (χ0) is 17.4. The highest BCUT2D eigenvalue weighted by molar-refractivity contribution is 9.10. The molecule has 1 amide bonds. The summed E-state index contributed by atoms with van der Waals surface area (Å²) in [5, 5.41) is 13.6.